The molecule has 1 aliphatic heterocycles. The molecule has 0 saturated carbocycles. The molecule has 0 atom stereocenters. The van der Waals surface area contributed by atoms with Gasteiger partial charge in [0.25, 0.3) is 0 Å². The first-order valence-corrected chi connectivity index (χ1v) is 6.18. The Bertz CT molecular complexity index is 420. The van der Waals surface area contributed by atoms with Gasteiger partial charge in [0.05, 0.1) is 13.2 Å². The van der Waals surface area contributed by atoms with Gasteiger partial charge in [-0.2, -0.15) is 0 Å². The monoisotopic (exact) mass is 298 g/mol. The third kappa shape index (κ3) is 3.80. The number of pyridine rings is 1. The summed E-state index contributed by atoms with van der Waals surface area (Å²) in [4.78, 5) is 4.19. The molecular weight excluding hydrogens is 284 g/mol. The van der Waals surface area contributed by atoms with Crippen molar-refractivity contribution >= 4 is 21.7 Å². The molecule has 0 amide bonds. The molecule has 1 aromatic heterocycles. The molecule has 2 heterocycles. The van der Waals surface area contributed by atoms with Crippen LogP contribution in [0.2, 0.25) is 0 Å². The molecule has 1 aliphatic rings. The molecule has 1 fully saturated rings. The van der Waals surface area contributed by atoms with E-state index in [1.165, 1.54) is 0 Å². The van der Waals surface area contributed by atoms with Gasteiger partial charge in [0.1, 0.15) is 5.82 Å². The van der Waals surface area contributed by atoms with E-state index in [1.807, 2.05) is 32.2 Å². The van der Waals surface area contributed by atoms with Crippen molar-refractivity contribution in [1.82, 2.24) is 4.98 Å². The molecule has 17 heavy (non-hydrogen) atoms. The first-order chi connectivity index (χ1) is 8.05. The number of ether oxygens (including phenoxy) is 2. The van der Waals surface area contributed by atoms with E-state index in [4.69, 9.17) is 9.47 Å². The zero-order chi connectivity index (χ0) is 12.3. The molecule has 2 rings (SSSR count). The first kappa shape index (κ1) is 12.5. The Kier molecular flexibility index (Phi) is 3.81. The van der Waals surface area contributed by atoms with E-state index in [1.54, 1.807) is 6.20 Å². The largest absolute Gasteiger partial charge is 0.347 e. The summed E-state index contributed by atoms with van der Waals surface area (Å²) in [5.41, 5.74) is 1.06. The third-order valence-corrected chi connectivity index (χ3v) is 2.85. The minimum Gasteiger partial charge on any atom is -0.347 e. The SMILES string of the molecule is CC1(C)OCC(=CNc2cc(Br)ccn2)CO1. The zero-order valence-corrected chi connectivity index (χ0v) is 11.5. The summed E-state index contributed by atoms with van der Waals surface area (Å²) >= 11 is 3.39. The molecule has 0 spiro atoms. The Balaban J connectivity index is 1.94. The Morgan fingerprint density at radius 1 is 1.41 bits per heavy atom. The van der Waals surface area contributed by atoms with Gasteiger partial charge < -0.3 is 14.8 Å². The predicted molar refractivity (Wildman–Crippen MR) is 69.6 cm³/mol. The molecule has 0 unspecified atom stereocenters. The highest BCUT2D eigenvalue weighted by Crippen LogP contribution is 2.20. The summed E-state index contributed by atoms with van der Waals surface area (Å²) in [5.74, 6) is 0.308. The number of hydrogen-bond acceptors (Lipinski definition) is 4. The van der Waals surface area contributed by atoms with E-state index in [2.05, 4.69) is 26.2 Å². The molecule has 1 N–H and O–H groups in total. The summed E-state index contributed by atoms with van der Waals surface area (Å²) in [5, 5.41) is 3.12. The van der Waals surface area contributed by atoms with Crippen LogP contribution in [0.15, 0.2) is 34.6 Å². The van der Waals surface area contributed by atoms with E-state index in [0.717, 1.165) is 15.9 Å². The van der Waals surface area contributed by atoms with Crippen LogP contribution in [0.4, 0.5) is 5.82 Å². The van der Waals surface area contributed by atoms with E-state index < -0.39 is 5.79 Å². The number of rotatable bonds is 2. The highest BCUT2D eigenvalue weighted by Gasteiger charge is 2.24. The topological polar surface area (TPSA) is 43.4 Å². The molecule has 4 nitrogen and oxygen atoms in total. The fourth-order valence-corrected chi connectivity index (χ4v) is 1.69. The van der Waals surface area contributed by atoms with Crippen LogP contribution in [-0.4, -0.2) is 24.0 Å². The van der Waals surface area contributed by atoms with Gasteiger partial charge >= 0.3 is 0 Å². The van der Waals surface area contributed by atoms with Gasteiger partial charge in [-0.15, -0.1) is 0 Å². The van der Waals surface area contributed by atoms with Crippen LogP contribution in [0.3, 0.4) is 0 Å². The lowest BCUT2D eigenvalue weighted by Crippen LogP contribution is -2.35. The zero-order valence-electron chi connectivity index (χ0n) is 9.87. The van der Waals surface area contributed by atoms with Gasteiger partial charge in [-0.25, -0.2) is 4.98 Å². The van der Waals surface area contributed by atoms with Gasteiger partial charge in [0, 0.05) is 16.9 Å². The average Bonchev–Trinajstić information content (AvgIpc) is 2.28. The van der Waals surface area contributed by atoms with Crippen molar-refractivity contribution in [3.05, 3.63) is 34.6 Å². The molecule has 0 aromatic carbocycles. The fraction of sp³-hybridized carbons (Fsp3) is 0.417. The number of nitrogens with zero attached hydrogens (tertiary/aromatic N) is 1. The fourth-order valence-electron chi connectivity index (χ4n) is 1.36. The number of hydrogen-bond donors (Lipinski definition) is 1. The maximum Gasteiger partial charge on any atom is 0.163 e. The van der Waals surface area contributed by atoms with Crippen LogP contribution in [0.25, 0.3) is 0 Å². The maximum atomic E-state index is 5.53. The molecular formula is C12H15BrN2O2. The van der Waals surface area contributed by atoms with E-state index in [0.29, 0.717) is 13.2 Å². The standard InChI is InChI=1S/C12H15BrN2O2/c1-12(2)16-7-9(8-17-12)6-15-11-5-10(13)3-4-14-11/h3-6H,7-8H2,1-2H3,(H,14,15). The number of nitrogens with one attached hydrogen (secondary N) is 1. The molecule has 92 valence electrons. The van der Waals surface area contributed by atoms with Gasteiger partial charge in [-0.3, -0.25) is 0 Å². The molecule has 0 bridgehead atoms. The second-order valence-electron chi connectivity index (χ2n) is 4.28. The predicted octanol–water partition coefficient (Wildman–Crippen LogP) is 2.92. The van der Waals surface area contributed by atoms with Crippen LogP contribution >= 0.6 is 15.9 Å². The van der Waals surface area contributed by atoms with Gasteiger partial charge in [0.15, 0.2) is 5.79 Å². The van der Waals surface area contributed by atoms with Gasteiger partial charge in [-0.1, -0.05) is 15.9 Å². The number of aromatic nitrogens is 1. The summed E-state index contributed by atoms with van der Waals surface area (Å²) in [6, 6.07) is 3.79. The Labute approximate surface area is 109 Å². The quantitative estimate of drug-likeness (QED) is 0.912. The average molecular weight is 299 g/mol. The van der Waals surface area contributed by atoms with Crippen molar-refractivity contribution < 1.29 is 9.47 Å². The van der Waals surface area contributed by atoms with E-state index in [-0.39, 0.29) is 0 Å². The molecule has 5 heteroatoms. The van der Waals surface area contributed by atoms with Crippen molar-refractivity contribution in [2.24, 2.45) is 0 Å². The second-order valence-corrected chi connectivity index (χ2v) is 5.20. The first-order valence-electron chi connectivity index (χ1n) is 5.39. The highest BCUT2D eigenvalue weighted by molar-refractivity contribution is 9.10. The van der Waals surface area contributed by atoms with E-state index >= 15 is 0 Å². The van der Waals surface area contributed by atoms with Crippen molar-refractivity contribution in [3.8, 4) is 0 Å². The van der Waals surface area contributed by atoms with Crippen molar-refractivity contribution in [3.63, 3.8) is 0 Å². The van der Waals surface area contributed by atoms with Gasteiger partial charge in [-0.05, 0) is 31.6 Å². The van der Waals surface area contributed by atoms with Crippen molar-refractivity contribution in [1.29, 1.82) is 0 Å². The maximum absolute atomic E-state index is 5.53. The smallest absolute Gasteiger partial charge is 0.163 e. The second kappa shape index (κ2) is 5.16. The summed E-state index contributed by atoms with van der Waals surface area (Å²) in [6.45, 7) is 4.97. The van der Waals surface area contributed by atoms with Crippen molar-refractivity contribution in [2.75, 3.05) is 18.5 Å². The Morgan fingerprint density at radius 3 is 2.76 bits per heavy atom. The molecule has 1 saturated heterocycles. The van der Waals surface area contributed by atoms with E-state index in [9.17, 15) is 0 Å². The van der Waals surface area contributed by atoms with Crippen LogP contribution in [-0.2, 0) is 9.47 Å². The van der Waals surface area contributed by atoms with Crippen LogP contribution < -0.4 is 5.32 Å². The Morgan fingerprint density at radius 2 is 2.12 bits per heavy atom. The molecule has 1 aromatic rings. The number of halogens is 1. The van der Waals surface area contributed by atoms with Crippen LogP contribution in [0.1, 0.15) is 13.8 Å². The normalized spacial score (nSPS) is 18.9. The third-order valence-electron chi connectivity index (χ3n) is 2.36. The summed E-state index contributed by atoms with van der Waals surface area (Å²) in [6.07, 6.45) is 3.62. The van der Waals surface area contributed by atoms with Crippen LogP contribution in [0, 0.1) is 0 Å². The summed E-state index contributed by atoms with van der Waals surface area (Å²) < 4.78 is 12.1. The van der Waals surface area contributed by atoms with Gasteiger partial charge in [0.2, 0.25) is 0 Å². The minimum absolute atomic E-state index is 0.481. The molecule has 0 radical (unpaired) electrons. The molecule has 0 aliphatic carbocycles. The lowest BCUT2D eigenvalue weighted by Gasteiger charge is -2.31. The van der Waals surface area contributed by atoms with Crippen molar-refractivity contribution in [2.45, 2.75) is 19.6 Å². The lowest BCUT2D eigenvalue weighted by molar-refractivity contribution is -0.225. The lowest BCUT2D eigenvalue weighted by atomic mass is 10.2. The highest BCUT2D eigenvalue weighted by atomic mass is 79.9. The summed E-state index contributed by atoms with van der Waals surface area (Å²) in [7, 11) is 0. The Hall–Kier alpha value is -0.910. The van der Waals surface area contributed by atoms with Crippen LogP contribution in [0.5, 0.6) is 0 Å². The number of anilines is 1. The minimum atomic E-state index is -0.481.